The van der Waals surface area contributed by atoms with Crippen LogP contribution in [0, 0.1) is 17.8 Å². The molecule has 0 radical (unpaired) electrons. The van der Waals surface area contributed by atoms with E-state index in [-0.39, 0.29) is 0 Å². The third kappa shape index (κ3) is 3.97. The predicted molar refractivity (Wildman–Crippen MR) is 82.3 cm³/mol. The number of rotatable bonds is 3. The molecule has 0 spiro atoms. The fourth-order valence-electron chi connectivity index (χ4n) is 4.95. The van der Waals surface area contributed by atoms with E-state index in [2.05, 4.69) is 4.90 Å². The fraction of sp³-hybridized carbons (Fsp3) is 1.00. The van der Waals surface area contributed by atoms with E-state index in [1.807, 2.05) is 0 Å². The summed E-state index contributed by atoms with van der Waals surface area (Å²) in [4.78, 5) is 2.80. The summed E-state index contributed by atoms with van der Waals surface area (Å²) in [5, 5.41) is 0. The standard InChI is InChI=1S/C18H33N/c1-3-7-16(8-4-1)15-19-13-11-18(12-14-19)17-9-5-2-6-10-17/h16-18H,1-15H2. The van der Waals surface area contributed by atoms with Crippen LogP contribution >= 0.6 is 0 Å². The first-order chi connectivity index (χ1) is 9.42. The molecular formula is C18H33N. The van der Waals surface area contributed by atoms with Crippen LogP contribution in [0.25, 0.3) is 0 Å². The van der Waals surface area contributed by atoms with Gasteiger partial charge in [-0.05, 0) is 56.5 Å². The maximum Gasteiger partial charge on any atom is 0.000966 e. The molecule has 3 aliphatic rings. The lowest BCUT2D eigenvalue weighted by Crippen LogP contribution is -2.39. The maximum absolute atomic E-state index is 2.80. The van der Waals surface area contributed by atoms with E-state index in [4.69, 9.17) is 0 Å². The predicted octanol–water partition coefficient (Wildman–Crippen LogP) is 4.86. The molecule has 3 fully saturated rings. The molecule has 0 aromatic heterocycles. The second-order valence-electron chi connectivity index (χ2n) is 7.54. The Hall–Kier alpha value is -0.0400. The van der Waals surface area contributed by atoms with Crippen LogP contribution < -0.4 is 0 Å². The summed E-state index contributed by atoms with van der Waals surface area (Å²) in [5.41, 5.74) is 0. The topological polar surface area (TPSA) is 3.24 Å². The molecule has 1 heterocycles. The highest BCUT2D eigenvalue weighted by Crippen LogP contribution is 2.36. The van der Waals surface area contributed by atoms with Crippen LogP contribution in [0.1, 0.15) is 77.0 Å². The normalized spacial score (nSPS) is 29.7. The van der Waals surface area contributed by atoms with Crippen molar-refractivity contribution in [3.63, 3.8) is 0 Å². The molecule has 0 atom stereocenters. The minimum atomic E-state index is 1.04. The van der Waals surface area contributed by atoms with Crippen LogP contribution in [-0.4, -0.2) is 24.5 Å². The van der Waals surface area contributed by atoms with Gasteiger partial charge in [-0.25, -0.2) is 0 Å². The van der Waals surface area contributed by atoms with Crippen molar-refractivity contribution in [2.45, 2.75) is 77.0 Å². The lowest BCUT2D eigenvalue weighted by atomic mass is 9.75. The zero-order valence-electron chi connectivity index (χ0n) is 12.8. The van der Waals surface area contributed by atoms with Crippen molar-refractivity contribution < 1.29 is 0 Å². The lowest BCUT2D eigenvalue weighted by molar-refractivity contribution is 0.107. The molecule has 2 saturated carbocycles. The molecule has 1 aliphatic heterocycles. The number of nitrogens with zero attached hydrogens (tertiary/aromatic N) is 1. The van der Waals surface area contributed by atoms with E-state index in [0.717, 1.165) is 17.8 Å². The summed E-state index contributed by atoms with van der Waals surface area (Å²) < 4.78 is 0. The van der Waals surface area contributed by atoms with Gasteiger partial charge in [0, 0.05) is 6.54 Å². The molecule has 0 amide bonds. The molecule has 1 nitrogen and oxygen atoms in total. The Bertz CT molecular complexity index is 242. The van der Waals surface area contributed by atoms with Crippen LogP contribution in [0.5, 0.6) is 0 Å². The average molecular weight is 263 g/mol. The first kappa shape index (κ1) is 13.9. The monoisotopic (exact) mass is 263 g/mol. The molecule has 1 saturated heterocycles. The van der Waals surface area contributed by atoms with E-state index >= 15 is 0 Å². The highest BCUT2D eigenvalue weighted by atomic mass is 15.1. The van der Waals surface area contributed by atoms with Gasteiger partial charge in [-0.2, -0.15) is 0 Å². The van der Waals surface area contributed by atoms with Gasteiger partial charge in [0.2, 0.25) is 0 Å². The van der Waals surface area contributed by atoms with Gasteiger partial charge in [-0.3, -0.25) is 0 Å². The van der Waals surface area contributed by atoms with E-state index in [1.165, 1.54) is 83.8 Å². The molecule has 3 rings (SSSR count). The fourth-order valence-corrected chi connectivity index (χ4v) is 4.95. The Kier molecular flexibility index (Phi) is 5.21. The Morgan fingerprint density at radius 1 is 0.579 bits per heavy atom. The van der Waals surface area contributed by atoms with Crippen LogP contribution in [0.4, 0.5) is 0 Å². The van der Waals surface area contributed by atoms with Gasteiger partial charge >= 0.3 is 0 Å². The quantitative estimate of drug-likeness (QED) is 0.703. The Morgan fingerprint density at radius 2 is 1.11 bits per heavy atom. The van der Waals surface area contributed by atoms with E-state index in [9.17, 15) is 0 Å². The summed E-state index contributed by atoms with van der Waals surface area (Å²) in [7, 11) is 0. The van der Waals surface area contributed by atoms with Crippen molar-refractivity contribution in [2.75, 3.05) is 19.6 Å². The highest BCUT2D eigenvalue weighted by Gasteiger charge is 2.28. The zero-order valence-corrected chi connectivity index (χ0v) is 12.8. The third-order valence-corrected chi connectivity index (χ3v) is 6.19. The summed E-state index contributed by atoms with van der Waals surface area (Å²) in [5.74, 6) is 3.23. The van der Waals surface area contributed by atoms with Crippen molar-refractivity contribution in [3.8, 4) is 0 Å². The van der Waals surface area contributed by atoms with Crippen LogP contribution in [0.15, 0.2) is 0 Å². The molecule has 0 N–H and O–H groups in total. The van der Waals surface area contributed by atoms with E-state index in [0.29, 0.717) is 0 Å². The van der Waals surface area contributed by atoms with E-state index in [1.54, 1.807) is 12.8 Å². The van der Waals surface area contributed by atoms with Crippen molar-refractivity contribution in [2.24, 2.45) is 17.8 Å². The molecule has 0 bridgehead atoms. The van der Waals surface area contributed by atoms with E-state index < -0.39 is 0 Å². The Balaban J connectivity index is 1.38. The Morgan fingerprint density at radius 3 is 1.74 bits per heavy atom. The van der Waals surface area contributed by atoms with Crippen molar-refractivity contribution in [3.05, 3.63) is 0 Å². The molecule has 110 valence electrons. The number of likely N-dealkylation sites (tertiary alicyclic amines) is 1. The Labute approximate surface area is 120 Å². The van der Waals surface area contributed by atoms with Gasteiger partial charge in [-0.15, -0.1) is 0 Å². The third-order valence-electron chi connectivity index (χ3n) is 6.19. The molecule has 0 aromatic rings. The minimum absolute atomic E-state index is 1.04. The van der Waals surface area contributed by atoms with Gasteiger partial charge in [0.1, 0.15) is 0 Å². The molecule has 2 aliphatic carbocycles. The highest BCUT2D eigenvalue weighted by molar-refractivity contribution is 4.81. The number of hydrogen-bond acceptors (Lipinski definition) is 1. The SMILES string of the molecule is C1CCC(CN2CCC(C3CCCCC3)CC2)CC1. The van der Waals surface area contributed by atoms with Gasteiger partial charge < -0.3 is 4.90 Å². The van der Waals surface area contributed by atoms with Gasteiger partial charge in [0.15, 0.2) is 0 Å². The molecule has 19 heavy (non-hydrogen) atoms. The first-order valence-electron chi connectivity index (χ1n) is 9.14. The summed E-state index contributed by atoms with van der Waals surface area (Å²) in [6.07, 6.45) is 18.2. The summed E-state index contributed by atoms with van der Waals surface area (Å²) in [6.45, 7) is 4.26. The zero-order chi connectivity index (χ0) is 12.9. The minimum Gasteiger partial charge on any atom is -0.303 e. The first-order valence-corrected chi connectivity index (χ1v) is 9.14. The van der Waals surface area contributed by atoms with Crippen LogP contribution in [0.2, 0.25) is 0 Å². The van der Waals surface area contributed by atoms with Gasteiger partial charge in [0.25, 0.3) is 0 Å². The van der Waals surface area contributed by atoms with Crippen LogP contribution in [0.3, 0.4) is 0 Å². The maximum atomic E-state index is 2.80. The number of piperidine rings is 1. The van der Waals surface area contributed by atoms with Crippen molar-refractivity contribution in [1.82, 2.24) is 4.90 Å². The molecule has 0 aromatic carbocycles. The number of hydrogen-bond donors (Lipinski definition) is 0. The smallest absolute Gasteiger partial charge is 0.000966 e. The average Bonchev–Trinajstić information content (AvgIpc) is 2.50. The molecule has 1 heteroatoms. The second-order valence-corrected chi connectivity index (χ2v) is 7.54. The largest absolute Gasteiger partial charge is 0.303 e. The van der Waals surface area contributed by atoms with Gasteiger partial charge in [0.05, 0.1) is 0 Å². The molecule has 0 unspecified atom stereocenters. The summed E-state index contributed by atoms with van der Waals surface area (Å²) in [6, 6.07) is 0. The van der Waals surface area contributed by atoms with Crippen molar-refractivity contribution in [1.29, 1.82) is 0 Å². The van der Waals surface area contributed by atoms with Gasteiger partial charge in [-0.1, -0.05) is 51.4 Å². The second kappa shape index (κ2) is 7.11. The van der Waals surface area contributed by atoms with Crippen LogP contribution in [-0.2, 0) is 0 Å². The summed E-state index contributed by atoms with van der Waals surface area (Å²) >= 11 is 0. The lowest BCUT2D eigenvalue weighted by Gasteiger charge is -2.39. The molecular weight excluding hydrogens is 230 g/mol. The van der Waals surface area contributed by atoms with Crippen molar-refractivity contribution >= 4 is 0 Å².